The van der Waals surface area contributed by atoms with Crippen molar-refractivity contribution in [2.24, 2.45) is 5.92 Å². The quantitative estimate of drug-likeness (QED) is 0.793. The van der Waals surface area contributed by atoms with Gasteiger partial charge in [-0.2, -0.15) is 0 Å². The van der Waals surface area contributed by atoms with E-state index in [1.165, 1.54) is 0 Å². The second-order valence-corrected chi connectivity index (χ2v) is 7.25. The average molecular weight is 374 g/mol. The molecular formula is C20H26N2O5. The van der Waals surface area contributed by atoms with E-state index in [4.69, 9.17) is 14.2 Å². The lowest BCUT2D eigenvalue weighted by molar-refractivity contribution is -0.143. The van der Waals surface area contributed by atoms with E-state index in [0.717, 1.165) is 24.2 Å². The highest BCUT2D eigenvalue weighted by Crippen LogP contribution is 2.31. The van der Waals surface area contributed by atoms with E-state index in [0.29, 0.717) is 64.8 Å². The Balaban J connectivity index is 1.29. The first kappa shape index (κ1) is 18.1. The Morgan fingerprint density at radius 2 is 1.59 bits per heavy atom. The zero-order valence-corrected chi connectivity index (χ0v) is 15.5. The standard InChI is InChI=1S/C20H26N2O5/c23-19(14-15-1-2-17-18(13-15)27-12-11-26-17)21-5-3-16(4-6-21)20(24)22-7-9-25-10-8-22/h1-2,13,16H,3-12,14H2. The van der Waals surface area contributed by atoms with Crippen molar-refractivity contribution in [1.29, 1.82) is 0 Å². The Labute approximate surface area is 159 Å². The monoisotopic (exact) mass is 374 g/mol. The summed E-state index contributed by atoms with van der Waals surface area (Å²) in [6.45, 7) is 4.99. The summed E-state index contributed by atoms with van der Waals surface area (Å²) < 4.78 is 16.4. The third-order valence-corrected chi connectivity index (χ3v) is 5.48. The summed E-state index contributed by atoms with van der Waals surface area (Å²) in [4.78, 5) is 29.0. The Bertz CT molecular complexity index is 694. The summed E-state index contributed by atoms with van der Waals surface area (Å²) in [5.74, 6) is 1.80. The van der Waals surface area contributed by atoms with Crippen LogP contribution < -0.4 is 9.47 Å². The summed E-state index contributed by atoms with van der Waals surface area (Å²) in [5.41, 5.74) is 0.927. The first-order valence-electron chi connectivity index (χ1n) is 9.73. The van der Waals surface area contributed by atoms with Crippen LogP contribution in [0.1, 0.15) is 18.4 Å². The van der Waals surface area contributed by atoms with E-state index >= 15 is 0 Å². The number of fused-ring (bicyclic) bond motifs is 1. The summed E-state index contributed by atoms with van der Waals surface area (Å²) in [6.07, 6.45) is 1.82. The number of hydrogen-bond donors (Lipinski definition) is 0. The molecule has 1 aromatic carbocycles. The maximum Gasteiger partial charge on any atom is 0.226 e. The van der Waals surface area contributed by atoms with E-state index < -0.39 is 0 Å². The second kappa shape index (κ2) is 8.17. The fourth-order valence-electron chi connectivity index (χ4n) is 3.90. The van der Waals surface area contributed by atoms with E-state index in [1.54, 1.807) is 0 Å². The van der Waals surface area contributed by atoms with Gasteiger partial charge in [-0.05, 0) is 30.5 Å². The van der Waals surface area contributed by atoms with Crippen molar-refractivity contribution in [2.75, 3.05) is 52.6 Å². The molecule has 7 heteroatoms. The first-order valence-corrected chi connectivity index (χ1v) is 9.73. The molecule has 0 radical (unpaired) electrons. The van der Waals surface area contributed by atoms with Crippen molar-refractivity contribution in [3.05, 3.63) is 23.8 Å². The summed E-state index contributed by atoms with van der Waals surface area (Å²) in [5, 5.41) is 0. The molecule has 3 aliphatic heterocycles. The Morgan fingerprint density at radius 3 is 2.33 bits per heavy atom. The number of carbonyl (C=O) groups is 2. The van der Waals surface area contributed by atoms with Gasteiger partial charge >= 0.3 is 0 Å². The number of ether oxygens (including phenoxy) is 3. The minimum atomic E-state index is 0.0291. The molecule has 7 nitrogen and oxygen atoms in total. The fourth-order valence-corrected chi connectivity index (χ4v) is 3.90. The van der Waals surface area contributed by atoms with Crippen LogP contribution in [0.3, 0.4) is 0 Å². The number of likely N-dealkylation sites (tertiary alicyclic amines) is 1. The molecule has 0 saturated carbocycles. The van der Waals surface area contributed by atoms with E-state index in [1.807, 2.05) is 28.0 Å². The fraction of sp³-hybridized carbons (Fsp3) is 0.600. The molecule has 2 amide bonds. The van der Waals surface area contributed by atoms with Crippen LogP contribution >= 0.6 is 0 Å². The van der Waals surface area contributed by atoms with Crippen LogP contribution in [0.5, 0.6) is 11.5 Å². The van der Waals surface area contributed by atoms with Crippen molar-refractivity contribution in [1.82, 2.24) is 9.80 Å². The van der Waals surface area contributed by atoms with Crippen LogP contribution in [0, 0.1) is 5.92 Å². The lowest BCUT2D eigenvalue weighted by Crippen LogP contribution is -2.47. The molecule has 0 aromatic heterocycles. The number of rotatable bonds is 3. The van der Waals surface area contributed by atoms with Crippen molar-refractivity contribution in [2.45, 2.75) is 19.3 Å². The van der Waals surface area contributed by atoms with Crippen LogP contribution in [0.2, 0.25) is 0 Å². The minimum absolute atomic E-state index is 0.0291. The van der Waals surface area contributed by atoms with E-state index in [9.17, 15) is 9.59 Å². The topological polar surface area (TPSA) is 68.3 Å². The zero-order valence-electron chi connectivity index (χ0n) is 15.5. The summed E-state index contributed by atoms with van der Waals surface area (Å²) >= 11 is 0. The molecule has 0 bridgehead atoms. The van der Waals surface area contributed by atoms with Crippen molar-refractivity contribution in [3.8, 4) is 11.5 Å². The van der Waals surface area contributed by atoms with Crippen LogP contribution in [0.25, 0.3) is 0 Å². The number of morpholine rings is 1. The van der Waals surface area contributed by atoms with Gasteiger partial charge in [0.1, 0.15) is 13.2 Å². The van der Waals surface area contributed by atoms with Gasteiger partial charge < -0.3 is 24.0 Å². The molecule has 2 fully saturated rings. The van der Waals surface area contributed by atoms with Gasteiger partial charge in [-0.15, -0.1) is 0 Å². The molecular weight excluding hydrogens is 348 g/mol. The highest BCUT2D eigenvalue weighted by Gasteiger charge is 2.30. The average Bonchev–Trinajstić information content (AvgIpc) is 2.74. The van der Waals surface area contributed by atoms with Gasteiger partial charge in [-0.3, -0.25) is 9.59 Å². The Morgan fingerprint density at radius 1 is 0.889 bits per heavy atom. The molecule has 0 N–H and O–H groups in total. The van der Waals surface area contributed by atoms with Gasteiger partial charge in [0.2, 0.25) is 11.8 Å². The van der Waals surface area contributed by atoms with Crippen LogP contribution in [-0.2, 0) is 20.7 Å². The highest BCUT2D eigenvalue weighted by molar-refractivity contribution is 5.81. The SMILES string of the molecule is O=C(Cc1ccc2c(c1)OCCO2)N1CCC(C(=O)N2CCOCC2)CC1. The van der Waals surface area contributed by atoms with Gasteiger partial charge in [-0.1, -0.05) is 6.07 Å². The zero-order chi connectivity index (χ0) is 18.6. The molecule has 4 rings (SSSR count). The Hall–Kier alpha value is -2.28. The maximum absolute atomic E-state index is 12.7. The number of carbonyl (C=O) groups excluding carboxylic acids is 2. The van der Waals surface area contributed by atoms with Crippen LogP contribution in [-0.4, -0.2) is 74.2 Å². The highest BCUT2D eigenvalue weighted by atomic mass is 16.6. The molecule has 0 spiro atoms. The molecule has 27 heavy (non-hydrogen) atoms. The smallest absolute Gasteiger partial charge is 0.226 e. The van der Waals surface area contributed by atoms with Gasteiger partial charge in [0.15, 0.2) is 11.5 Å². The number of hydrogen-bond acceptors (Lipinski definition) is 5. The minimum Gasteiger partial charge on any atom is -0.486 e. The summed E-state index contributed by atoms with van der Waals surface area (Å²) in [7, 11) is 0. The predicted octanol–water partition coefficient (Wildman–Crippen LogP) is 1.10. The molecule has 0 unspecified atom stereocenters. The maximum atomic E-state index is 12.7. The third kappa shape index (κ3) is 4.18. The number of benzene rings is 1. The van der Waals surface area contributed by atoms with Crippen molar-refractivity contribution in [3.63, 3.8) is 0 Å². The molecule has 0 aliphatic carbocycles. The van der Waals surface area contributed by atoms with Gasteiger partial charge in [-0.25, -0.2) is 0 Å². The summed E-state index contributed by atoms with van der Waals surface area (Å²) in [6, 6.07) is 5.67. The normalized spacial score (nSPS) is 20.4. The van der Waals surface area contributed by atoms with E-state index in [2.05, 4.69) is 0 Å². The Kier molecular flexibility index (Phi) is 5.48. The predicted molar refractivity (Wildman–Crippen MR) is 97.8 cm³/mol. The molecule has 1 aromatic rings. The largest absolute Gasteiger partial charge is 0.486 e. The van der Waals surface area contributed by atoms with Crippen LogP contribution in [0.4, 0.5) is 0 Å². The number of amides is 2. The molecule has 146 valence electrons. The molecule has 3 heterocycles. The third-order valence-electron chi connectivity index (χ3n) is 5.48. The van der Waals surface area contributed by atoms with Crippen molar-refractivity contribution >= 4 is 11.8 Å². The van der Waals surface area contributed by atoms with Crippen LogP contribution in [0.15, 0.2) is 18.2 Å². The van der Waals surface area contributed by atoms with Gasteiger partial charge in [0.25, 0.3) is 0 Å². The number of piperidine rings is 1. The molecule has 0 atom stereocenters. The molecule has 2 saturated heterocycles. The van der Waals surface area contributed by atoms with Crippen molar-refractivity contribution < 1.29 is 23.8 Å². The lowest BCUT2D eigenvalue weighted by atomic mass is 9.94. The first-order chi connectivity index (χ1) is 13.2. The number of nitrogens with zero attached hydrogens (tertiary/aromatic N) is 2. The lowest BCUT2D eigenvalue weighted by Gasteiger charge is -2.35. The second-order valence-electron chi connectivity index (χ2n) is 7.25. The van der Waals surface area contributed by atoms with Gasteiger partial charge in [0, 0.05) is 32.1 Å². The molecule has 3 aliphatic rings. The van der Waals surface area contributed by atoms with E-state index in [-0.39, 0.29) is 17.7 Å². The van der Waals surface area contributed by atoms with Gasteiger partial charge in [0.05, 0.1) is 19.6 Å².